The number of H-pyrrole nitrogens is 1. The summed E-state index contributed by atoms with van der Waals surface area (Å²) in [7, 11) is 0. The topological polar surface area (TPSA) is 50.8 Å². The van der Waals surface area contributed by atoms with Gasteiger partial charge in [0.05, 0.1) is 18.5 Å². The molecule has 1 aliphatic rings. The molecule has 0 aliphatic carbocycles. The highest BCUT2D eigenvalue weighted by atomic mass is 16.5. The number of nitrogens with zero attached hydrogens (tertiary/aromatic N) is 2. The Balaban J connectivity index is 1.82. The Morgan fingerprint density at radius 2 is 1.95 bits per heavy atom. The van der Waals surface area contributed by atoms with E-state index in [4.69, 9.17) is 4.74 Å². The minimum atomic E-state index is 0.777. The lowest BCUT2D eigenvalue weighted by Crippen LogP contribution is -1.85. The molecule has 3 aromatic rings. The van der Waals surface area contributed by atoms with Crippen molar-refractivity contribution in [2.45, 2.75) is 6.42 Å². The summed E-state index contributed by atoms with van der Waals surface area (Å²) in [5.74, 6) is 0.999. The highest BCUT2D eigenvalue weighted by Gasteiger charge is 2.15. The van der Waals surface area contributed by atoms with Gasteiger partial charge < -0.3 is 4.74 Å². The lowest BCUT2D eigenvalue weighted by atomic mass is 10.0. The zero-order valence-electron chi connectivity index (χ0n) is 10.8. The SMILES string of the molecule is c1cc(-c2cn[nH]c2-c2ccc3c(c2)CCO3)ccn1. The van der Waals surface area contributed by atoms with E-state index in [0.29, 0.717) is 0 Å². The minimum absolute atomic E-state index is 0.777. The average Bonchev–Trinajstić information content (AvgIpc) is 3.16. The van der Waals surface area contributed by atoms with Gasteiger partial charge in [0.1, 0.15) is 5.75 Å². The van der Waals surface area contributed by atoms with Crippen LogP contribution >= 0.6 is 0 Å². The fraction of sp³-hybridized carbons (Fsp3) is 0.125. The van der Waals surface area contributed by atoms with E-state index in [0.717, 1.165) is 41.2 Å². The molecule has 1 N–H and O–H groups in total. The van der Waals surface area contributed by atoms with Gasteiger partial charge in [-0.15, -0.1) is 0 Å². The quantitative estimate of drug-likeness (QED) is 0.773. The van der Waals surface area contributed by atoms with E-state index in [1.807, 2.05) is 24.4 Å². The lowest BCUT2D eigenvalue weighted by molar-refractivity contribution is 0.357. The van der Waals surface area contributed by atoms with E-state index >= 15 is 0 Å². The minimum Gasteiger partial charge on any atom is -0.493 e. The molecule has 2 aromatic heterocycles. The number of fused-ring (bicyclic) bond motifs is 1. The van der Waals surface area contributed by atoms with Crippen LogP contribution in [0.15, 0.2) is 48.9 Å². The summed E-state index contributed by atoms with van der Waals surface area (Å²) in [6.07, 6.45) is 6.42. The fourth-order valence-corrected chi connectivity index (χ4v) is 2.60. The van der Waals surface area contributed by atoms with Crippen LogP contribution in [0.2, 0.25) is 0 Å². The molecule has 4 rings (SSSR count). The highest BCUT2D eigenvalue weighted by Crippen LogP contribution is 2.34. The standard InChI is InChI=1S/C16H13N3O/c1-2-15-12(5-8-20-15)9-13(1)16-14(10-18-19-16)11-3-6-17-7-4-11/h1-4,6-7,9-10H,5,8H2,(H,18,19). The second-order valence-corrected chi connectivity index (χ2v) is 4.82. The number of aromatic nitrogens is 3. The maximum absolute atomic E-state index is 5.55. The number of aromatic amines is 1. The molecule has 4 heteroatoms. The Hall–Kier alpha value is -2.62. The molecule has 0 saturated carbocycles. The summed E-state index contributed by atoms with van der Waals surface area (Å²) in [6.45, 7) is 0.777. The third-order valence-corrected chi connectivity index (χ3v) is 3.61. The van der Waals surface area contributed by atoms with Crippen molar-refractivity contribution < 1.29 is 4.74 Å². The van der Waals surface area contributed by atoms with Crippen LogP contribution in [-0.4, -0.2) is 21.8 Å². The molecule has 0 fully saturated rings. The summed E-state index contributed by atoms with van der Waals surface area (Å²) in [4.78, 5) is 4.06. The van der Waals surface area contributed by atoms with E-state index in [2.05, 4.69) is 27.3 Å². The van der Waals surface area contributed by atoms with E-state index in [1.54, 1.807) is 12.4 Å². The third-order valence-electron chi connectivity index (χ3n) is 3.61. The first-order chi connectivity index (χ1) is 9.92. The first kappa shape index (κ1) is 11.2. The molecule has 0 atom stereocenters. The molecule has 0 spiro atoms. The number of hydrogen-bond donors (Lipinski definition) is 1. The summed E-state index contributed by atoms with van der Waals surface area (Å²) in [6, 6.07) is 10.3. The van der Waals surface area contributed by atoms with Crippen molar-refractivity contribution >= 4 is 0 Å². The molecular weight excluding hydrogens is 250 g/mol. The summed E-state index contributed by atoms with van der Waals surface area (Å²) in [5, 5.41) is 7.29. The monoisotopic (exact) mass is 263 g/mol. The molecule has 98 valence electrons. The molecule has 1 aromatic carbocycles. The van der Waals surface area contributed by atoms with Crippen LogP contribution in [0.3, 0.4) is 0 Å². The van der Waals surface area contributed by atoms with Crippen LogP contribution in [-0.2, 0) is 6.42 Å². The average molecular weight is 263 g/mol. The second kappa shape index (κ2) is 4.49. The van der Waals surface area contributed by atoms with Gasteiger partial charge in [-0.3, -0.25) is 10.1 Å². The van der Waals surface area contributed by atoms with Gasteiger partial charge in [-0.25, -0.2) is 0 Å². The van der Waals surface area contributed by atoms with Gasteiger partial charge in [-0.2, -0.15) is 5.10 Å². The molecule has 0 bridgehead atoms. The van der Waals surface area contributed by atoms with Gasteiger partial charge >= 0.3 is 0 Å². The van der Waals surface area contributed by atoms with Crippen molar-refractivity contribution in [3.8, 4) is 28.1 Å². The van der Waals surface area contributed by atoms with Gasteiger partial charge in [0.15, 0.2) is 0 Å². The van der Waals surface area contributed by atoms with Crippen LogP contribution < -0.4 is 4.74 Å². The number of pyridine rings is 1. The lowest BCUT2D eigenvalue weighted by Gasteiger charge is -2.05. The largest absolute Gasteiger partial charge is 0.493 e. The van der Waals surface area contributed by atoms with Gasteiger partial charge in [0, 0.05) is 29.9 Å². The Bertz CT molecular complexity index is 749. The van der Waals surface area contributed by atoms with Crippen molar-refractivity contribution in [3.05, 3.63) is 54.5 Å². The molecule has 1 aliphatic heterocycles. The van der Waals surface area contributed by atoms with E-state index in [1.165, 1.54) is 5.56 Å². The predicted molar refractivity (Wildman–Crippen MR) is 76.5 cm³/mol. The van der Waals surface area contributed by atoms with Gasteiger partial charge in [0.25, 0.3) is 0 Å². The zero-order valence-corrected chi connectivity index (χ0v) is 10.8. The van der Waals surface area contributed by atoms with Crippen molar-refractivity contribution in [2.75, 3.05) is 6.61 Å². The van der Waals surface area contributed by atoms with Gasteiger partial charge in [-0.05, 0) is 41.5 Å². The first-order valence-electron chi connectivity index (χ1n) is 6.62. The smallest absolute Gasteiger partial charge is 0.122 e. The van der Waals surface area contributed by atoms with Crippen LogP contribution in [0.4, 0.5) is 0 Å². The maximum atomic E-state index is 5.55. The number of rotatable bonds is 2. The normalized spacial score (nSPS) is 13.0. The van der Waals surface area contributed by atoms with Crippen molar-refractivity contribution in [2.24, 2.45) is 0 Å². The maximum Gasteiger partial charge on any atom is 0.122 e. The van der Waals surface area contributed by atoms with Gasteiger partial charge in [-0.1, -0.05) is 0 Å². The molecule has 0 saturated heterocycles. The number of benzene rings is 1. The van der Waals surface area contributed by atoms with Crippen molar-refractivity contribution in [1.82, 2.24) is 15.2 Å². The van der Waals surface area contributed by atoms with Crippen molar-refractivity contribution in [3.63, 3.8) is 0 Å². The van der Waals surface area contributed by atoms with Gasteiger partial charge in [0.2, 0.25) is 0 Å². The number of ether oxygens (including phenoxy) is 1. The van der Waals surface area contributed by atoms with Crippen LogP contribution in [0, 0.1) is 0 Å². The Labute approximate surface area is 116 Å². The molecule has 0 unspecified atom stereocenters. The molecule has 4 nitrogen and oxygen atoms in total. The van der Waals surface area contributed by atoms with E-state index < -0.39 is 0 Å². The number of nitrogens with one attached hydrogen (secondary N) is 1. The predicted octanol–water partition coefficient (Wildman–Crippen LogP) is 3.07. The first-order valence-corrected chi connectivity index (χ1v) is 6.62. The van der Waals surface area contributed by atoms with E-state index in [-0.39, 0.29) is 0 Å². The van der Waals surface area contributed by atoms with E-state index in [9.17, 15) is 0 Å². The fourth-order valence-electron chi connectivity index (χ4n) is 2.60. The molecule has 0 radical (unpaired) electrons. The Morgan fingerprint density at radius 1 is 1.05 bits per heavy atom. The number of hydrogen-bond acceptors (Lipinski definition) is 3. The van der Waals surface area contributed by atoms with Crippen LogP contribution in [0.25, 0.3) is 22.4 Å². The molecule has 3 heterocycles. The Morgan fingerprint density at radius 3 is 2.85 bits per heavy atom. The molecule has 0 amide bonds. The molecule has 20 heavy (non-hydrogen) atoms. The zero-order chi connectivity index (χ0) is 13.4. The summed E-state index contributed by atoms with van der Waals surface area (Å²) >= 11 is 0. The second-order valence-electron chi connectivity index (χ2n) is 4.82. The summed E-state index contributed by atoms with van der Waals surface area (Å²) in [5.41, 5.74) is 5.63. The third kappa shape index (κ3) is 1.77. The summed E-state index contributed by atoms with van der Waals surface area (Å²) < 4.78 is 5.55. The van der Waals surface area contributed by atoms with Crippen LogP contribution in [0.5, 0.6) is 5.75 Å². The van der Waals surface area contributed by atoms with Crippen molar-refractivity contribution in [1.29, 1.82) is 0 Å². The van der Waals surface area contributed by atoms with Crippen LogP contribution in [0.1, 0.15) is 5.56 Å². The Kier molecular flexibility index (Phi) is 2.52. The molecular formula is C16H13N3O. The highest BCUT2D eigenvalue weighted by molar-refractivity contribution is 5.80.